The maximum Gasteiger partial charge on any atom is 0.441 e. The Balaban J connectivity index is 1.93. The minimum absolute atomic E-state index is 0.229. The normalized spacial score (nSPS) is 11.5. The molecule has 2 aromatic carbocycles. The summed E-state index contributed by atoms with van der Waals surface area (Å²) < 4.78 is 20.8. The van der Waals surface area contributed by atoms with E-state index in [0.29, 0.717) is 22.6 Å². The van der Waals surface area contributed by atoms with Gasteiger partial charge in [-0.05, 0) is 89.1 Å². The number of nitrogens with one attached hydrogen (secondary N) is 2. The Labute approximate surface area is 250 Å². The molecule has 12 nitrogen and oxygen atoms in total. The highest BCUT2D eigenvalue weighted by atomic mass is 16.7. The van der Waals surface area contributed by atoms with Gasteiger partial charge in [-0.2, -0.15) is 11.0 Å². The highest BCUT2D eigenvalue weighted by molar-refractivity contribution is 6.10. The molecule has 0 radical (unpaired) electrons. The van der Waals surface area contributed by atoms with E-state index in [1.54, 1.807) is 77.9 Å². The van der Waals surface area contributed by atoms with Gasteiger partial charge in [0.2, 0.25) is 0 Å². The van der Waals surface area contributed by atoms with Gasteiger partial charge < -0.3 is 28.6 Å². The van der Waals surface area contributed by atoms with E-state index in [-0.39, 0.29) is 17.9 Å². The van der Waals surface area contributed by atoms with Gasteiger partial charge in [0, 0.05) is 0 Å². The first-order chi connectivity index (χ1) is 20.1. The van der Waals surface area contributed by atoms with Gasteiger partial charge >= 0.3 is 12.2 Å². The van der Waals surface area contributed by atoms with Crippen LogP contribution in [0.4, 0.5) is 9.59 Å². The van der Waals surface area contributed by atoms with Crippen LogP contribution in [0.1, 0.15) is 59.1 Å². The number of methoxy groups -OCH3 is 2. The van der Waals surface area contributed by atoms with Crippen LogP contribution in [0.15, 0.2) is 48.6 Å². The Morgan fingerprint density at radius 2 is 1.00 bits per heavy atom. The molecule has 0 aromatic heterocycles. The summed E-state index contributed by atoms with van der Waals surface area (Å²) in [5.41, 5.74) is 4.20. The molecular formula is C31H38N2O10. The number of carbonyl (C=O) groups is 4. The van der Waals surface area contributed by atoms with Crippen LogP contribution in [0.2, 0.25) is 0 Å². The molecule has 2 rings (SSSR count). The van der Waals surface area contributed by atoms with E-state index in [1.165, 1.54) is 38.5 Å². The molecule has 0 spiro atoms. The summed E-state index contributed by atoms with van der Waals surface area (Å²) in [5, 5.41) is 0. The molecule has 0 unspecified atom stereocenters. The summed E-state index contributed by atoms with van der Waals surface area (Å²) in [6.45, 7) is 10.3. The zero-order valence-electron chi connectivity index (χ0n) is 25.6. The van der Waals surface area contributed by atoms with Crippen molar-refractivity contribution >= 4 is 35.9 Å². The lowest BCUT2D eigenvalue weighted by Gasteiger charge is -2.19. The van der Waals surface area contributed by atoms with E-state index >= 15 is 0 Å². The highest BCUT2D eigenvalue weighted by Crippen LogP contribution is 2.29. The fraction of sp³-hybridized carbons (Fsp3) is 0.355. The first-order valence-electron chi connectivity index (χ1n) is 13.2. The highest BCUT2D eigenvalue weighted by Gasteiger charge is 2.18. The van der Waals surface area contributed by atoms with Gasteiger partial charge in [-0.15, -0.1) is 0 Å². The van der Waals surface area contributed by atoms with Crippen molar-refractivity contribution in [3.05, 3.63) is 59.7 Å². The van der Waals surface area contributed by atoms with Gasteiger partial charge in [0.25, 0.3) is 0 Å². The van der Waals surface area contributed by atoms with Crippen LogP contribution in [0.5, 0.6) is 23.0 Å². The second kappa shape index (κ2) is 15.3. The van der Waals surface area contributed by atoms with E-state index in [4.69, 9.17) is 28.6 Å². The number of carbonyl (C=O) groups excluding carboxylic acids is 4. The molecule has 0 fully saturated rings. The van der Waals surface area contributed by atoms with Crippen LogP contribution in [-0.4, -0.2) is 49.2 Å². The topological polar surface area (TPSA) is 148 Å². The molecule has 0 aliphatic carbocycles. The second-order valence-corrected chi connectivity index (χ2v) is 11.0. The Kier molecular flexibility index (Phi) is 12.2. The van der Waals surface area contributed by atoms with Gasteiger partial charge in [-0.1, -0.05) is 24.3 Å². The van der Waals surface area contributed by atoms with Crippen LogP contribution >= 0.6 is 0 Å². The van der Waals surface area contributed by atoms with Crippen molar-refractivity contribution in [2.45, 2.75) is 59.2 Å². The van der Waals surface area contributed by atoms with E-state index in [2.05, 4.69) is 11.0 Å². The van der Waals surface area contributed by atoms with Crippen LogP contribution in [-0.2, 0) is 19.1 Å². The lowest BCUT2D eigenvalue weighted by molar-refractivity contribution is -0.121. The average molecular weight is 599 g/mol. The molecule has 43 heavy (non-hydrogen) atoms. The Morgan fingerprint density at radius 1 is 0.628 bits per heavy atom. The van der Waals surface area contributed by atoms with Crippen molar-refractivity contribution in [2.75, 3.05) is 14.2 Å². The number of hydroxylamine groups is 2. The van der Waals surface area contributed by atoms with E-state index in [1.807, 2.05) is 0 Å². The van der Waals surface area contributed by atoms with Crippen molar-refractivity contribution in [1.82, 2.24) is 11.0 Å². The van der Waals surface area contributed by atoms with Crippen molar-refractivity contribution in [3.8, 4) is 23.0 Å². The van der Waals surface area contributed by atoms with Gasteiger partial charge in [0.1, 0.15) is 11.2 Å². The predicted octanol–water partition coefficient (Wildman–Crippen LogP) is 5.60. The van der Waals surface area contributed by atoms with Crippen LogP contribution in [0, 0.1) is 0 Å². The van der Waals surface area contributed by atoms with Gasteiger partial charge in [0.15, 0.2) is 34.6 Å². The summed E-state index contributed by atoms with van der Waals surface area (Å²) in [5.74, 6) is 0.250. The molecule has 0 heterocycles. The minimum Gasteiger partial charge on any atom is -0.493 e. The number of benzene rings is 2. The molecule has 0 atom stereocenters. The maximum absolute atomic E-state index is 12.4. The van der Waals surface area contributed by atoms with E-state index < -0.39 is 35.0 Å². The maximum atomic E-state index is 12.4. The lowest BCUT2D eigenvalue weighted by atomic mass is 10.1. The number of ketones is 2. The number of amides is 2. The summed E-state index contributed by atoms with van der Waals surface area (Å²) in [4.78, 5) is 58.9. The molecule has 12 heteroatoms. The smallest absolute Gasteiger partial charge is 0.441 e. The Morgan fingerprint density at radius 3 is 1.33 bits per heavy atom. The van der Waals surface area contributed by atoms with E-state index in [0.717, 1.165) is 0 Å². The molecule has 0 aliphatic rings. The fourth-order valence-electron chi connectivity index (χ4n) is 3.20. The molecule has 232 valence electrons. The van der Waals surface area contributed by atoms with E-state index in [9.17, 15) is 19.2 Å². The molecule has 0 saturated heterocycles. The molecule has 0 bridgehead atoms. The quantitative estimate of drug-likeness (QED) is 0.180. The van der Waals surface area contributed by atoms with Gasteiger partial charge in [-0.25, -0.2) is 9.59 Å². The molecular weight excluding hydrogens is 560 g/mol. The average Bonchev–Trinajstić information content (AvgIpc) is 2.91. The SMILES string of the molecule is COc1cc(/C=C/C(=O)CC(=O)/C=C/c2ccc(ONC(=O)OC(C)(C)C)c(OC)c2)ccc1ONC(=O)OC(C)(C)C. The summed E-state index contributed by atoms with van der Waals surface area (Å²) >= 11 is 0. The lowest BCUT2D eigenvalue weighted by Crippen LogP contribution is -2.34. The molecule has 2 amide bonds. The number of hydrogen-bond acceptors (Lipinski definition) is 10. The van der Waals surface area contributed by atoms with Crippen LogP contribution < -0.4 is 30.1 Å². The van der Waals surface area contributed by atoms with Crippen molar-refractivity contribution in [2.24, 2.45) is 0 Å². The molecule has 2 aromatic rings. The molecule has 0 aliphatic heterocycles. The van der Waals surface area contributed by atoms with Gasteiger partial charge in [-0.3, -0.25) is 9.59 Å². The predicted molar refractivity (Wildman–Crippen MR) is 159 cm³/mol. The Bertz CT molecular complexity index is 1260. The third-order valence-corrected chi connectivity index (χ3v) is 4.93. The fourth-order valence-corrected chi connectivity index (χ4v) is 3.20. The summed E-state index contributed by atoms with van der Waals surface area (Å²) in [7, 11) is 2.85. The standard InChI is InChI=1S/C31H38N2O10/c1-30(2,3)40-28(36)32-42-24-15-11-20(17-26(24)38-7)9-13-22(34)19-23(35)14-10-21-12-16-25(27(18-21)39-8)43-33-29(37)41-31(4,5)6/h9-18H,19H2,1-8H3,(H,32,36)(H,33,37)/b13-9+,14-10+. The number of hydrogen-bond donors (Lipinski definition) is 2. The van der Waals surface area contributed by atoms with Crippen LogP contribution in [0.3, 0.4) is 0 Å². The van der Waals surface area contributed by atoms with Crippen molar-refractivity contribution < 1.29 is 47.8 Å². The zero-order chi connectivity index (χ0) is 32.2. The van der Waals surface area contributed by atoms with Crippen LogP contribution in [0.25, 0.3) is 12.2 Å². The summed E-state index contributed by atoms with van der Waals surface area (Å²) in [6, 6.07) is 9.58. The zero-order valence-corrected chi connectivity index (χ0v) is 25.6. The first-order valence-corrected chi connectivity index (χ1v) is 13.2. The van der Waals surface area contributed by atoms with Crippen molar-refractivity contribution in [3.63, 3.8) is 0 Å². The van der Waals surface area contributed by atoms with Crippen molar-refractivity contribution in [1.29, 1.82) is 0 Å². The minimum atomic E-state index is -0.763. The second-order valence-electron chi connectivity index (χ2n) is 11.0. The number of rotatable bonds is 12. The van der Waals surface area contributed by atoms with Gasteiger partial charge in [0.05, 0.1) is 20.6 Å². The molecule has 2 N–H and O–H groups in total. The molecule has 0 saturated carbocycles. The number of ether oxygens (including phenoxy) is 4. The monoisotopic (exact) mass is 598 g/mol. The summed E-state index contributed by atoms with van der Waals surface area (Å²) in [6.07, 6.45) is 3.76. The third kappa shape index (κ3) is 13.0. The third-order valence-electron chi connectivity index (χ3n) is 4.93. The number of allylic oxidation sites excluding steroid dienone is 2. The first kappa shape index (κ1) is 34.2. The Hall–Kier alpha value is -5.00. The largest absolute Gasteiger partial charge is 0.493 e.